The third-order valence-electron chi connectivity index (χ3n) is 3.33. The van der Waals surface area contributed by atoms with Crippen LogP contribution in [0.5, 0.6) is 0 Å². The van der Waals surface area contributed by atoms with Crippen molar-refractivity contribution < 1.29 is 4.79 Å². The fourth-order valence-electron chi connectivity index (χ4n) is 1.95. The molecule has 2 aromatic carbocycles. The number of amides is 1. The van der Waals surface area contributed by atoms with E-state index in [9.17, 15) is 4.79 Å². The summed E-state index contributed by atoms with van der Waals surface area (Å²) in [7, 11) is 4.04. The number of hydrogen-bond donors (Lipinski definition) is 2. The van der Waals surface area contributed by atoms with Gasteiger partial charge in [-0.1, -0.05) is 19.9 Å². The second-order valence-corrected chi connectivity index (χ2v) is 5.79. The molecule has 0 atom stereocenters. The Bertz CT molecular complexity index is 633. The molecule has 4 heteroatoms. The molecule has 2 N–H and O–H groups in total. The summed E-state index contributed by atoms with van der Waals surface area (Å²) < 4.78 is 0. The number of carbonyl (C=O) groups excluding carboxylic acids is 1. The maximum atomic E-state index is 11.7. The van der Waals surface area contributed by atoms with E-state index in [1.165, 1.54) is 0 Å². The van der Waals surface area contributed by atoms with Gasteiger partial charge in [-0.15, -0.1) is 0 Å². The van der Waals surface area contributed by atoms with Crippen molar-refractivity contribution >= 4 is 28.7 Å². The normalized spacial score (nSPS) is 10.4. The van der Waals surface area contributed by atoms with E-state index in [1.54, 1.807) is 0 Å². The molecule has 0 saturated heterocycles. The first-order valence-electron chi connectivity index (χ1n) is 7.41. The number of nitrogens with one attached hydrogen (secondary N) is 2. The third-order valence-corrected chi connectivity index (χ3v) is 3.33. The predicted octanol–water partition coefficient (Wildman–Crippen LogP) is 4.09. The minimum Gasteiger partial charge on any atom is -0.378 e. The molecular formula is C18H23N3O. The Morgan fingerprint density at radius 1 is 0.955 bits per heavy atom. The zero-order valence-corrected chi connectivity index (χ0v) is 13.6. The second-order valence-electron chi connectivity index (χ2n) is 5.79. The molecule has 2 rings (SSSR count). The maximum absolute atomic E-state index is 11.7. The standard InChI is InChI=1S/C18H23N3O/c1-13(2)18(22)20-15-10-8-14(9-11-15)19-16-6-5-7-17(12-16)21(3)4/h5-13,19H,1-4H3,(H,20,22). The molecule has 4 nitrogen and oxygen atoms in total. The van der Waals surface area contributed by atoms with Crippen LogP contribution >= 0.6 is 0 Å². The fraction of sp³-hybridized carbons (Fsp3) is 0.278. The highest BCUT2D eigenvalue weighted by molar-refractivity contribution is 5.92. The van der Waals surface area contributed by atoms with Crippen molar-refractivity contribution in [2.24, 2.45) is 5.92 Å². The van der Waals surface area contributed by atoms with Gasteiger partial charge < -0.3 is 15.5 Å². The van der Waals surface area contributed by atoms with Crippen molar-refractivity contribution in [3.05, 3.63) is 48.5 Å². The highest BCUT2D eigenvalue weighted by Crippen LogP contribution is 2.22. The Hall–Kier alpha value is -2.49. The van der Waals surface area contributed by atoms with Gasteiger partial charge in [0, 0.05) is 42.8 Å². The number of anilines is 4. The zero-order valence-electron chi connectivity index (χ0n) is 13.6. The van der Waals surface area contributed by atoms with Gasteiger partial charge in [-0.2, -0.15) is 0 Å². The Balaban J connectivity index is 2.05. The highest BCUT2D eigenvalue weighted by Gasteiger charge is 2.06. The van der Waals surface area contributed by atoms with Crippen LogP contribution in [-0.4, -0.2) is 20.0 Å². The lowest BCUT2D eigenvalue weighted by molar-refractivity contribution is -0.118. The van der Waals surface area contributed by atoms with Crippen LogP contribution in [0, 0.1) is 5.92 Å². The van der Waals surface area contributed by atoms with Crippen molar-refractivity contribution in [1.29, 1.82) is 0 Å². The van der Waals surface area contributed by atoms with Crippen LogP contribution in [0.3, 0.4) is 0 Å². The molecule has 0 aliphatic carbocycles. The first-order valence-corrected chi connectivity index (χ1v) is 7.41. The lowest BCUT2D eigenvalue weighted by Gasteiger charge is -2.15. The fourth-order valence-corrected chi connectivity index (χ4v) is 1.95. The van der Waals surface area contributed by atoms with Crippen molar-refractivity contribution in [1.82, 2.24) is 0 Å². The molecule has 0 aliphatic rings. The number of hydrogen-bond acceptors (Lipinski definition) is 3. The van der Waals surface area contributed by atoms with E-state index in [-0.39, 0.29) is 11.8 Å². The first-order chi connectivity index (χ1) is 10.5. The minimum atomic E-state index is -0.0217. The third kappa shape index (κ3) is 4.25. The average molecular weight is 297 g/mol. The Morgan fingerprint density at radius 3 is 2.18 bits per heavy atom. The molecule has 0 unspecified atom stereocenters. The Morgan fingerprint density at radius 2 is 1.59 bits per heavy atom. The molecule has 0 fully saturated rings. The summed E-state index contributed by atoms with van der Waals surface area (Å²) in [6.45, 7) is 3.76. The summed E-state index contributed by atoms with van der Waals surface area (Å²) >= 11 is 0. The molecule has 0 heterocycles. The van der Waals surface area contributed by atoms with E-state index in [2.05, 4.69) is 27.7 Å². The molecule has 0 spiro atoms. The van der Waals surface area contributed by atoms with Crippen molar-refractivity contribution in [3.63, 3.8) is 0 Å². The molecule has 0 aromatic heterocycles. The predicted molar refractivity (Wildman–Crippen MR) is 94.0 cm³/mol. The van der Waals surface area contributed by atoms with Gasteiger partial charge in [0.2, 0.25) is 5.91 Å². The lowest BCUT2D eigenvalue weighted by Crippen LogP contribution is -2.17. The number of benzene rings is 2. The summed E-state index contributed by atoms with van der Waals surface area (Å²) in [5.41, 5.74) is 3.97. The van der Waals surface area contributed by atoms with E-state index in [0.29, 0.717) is 0 Å². The molecule has 0 radical (unpaired) electrons. The van der Waals surface area contributed by atoms with Crippen LogP contribution in [0.15, 0.2) is 48.5 Å². The van der Waals surface area contributed by atoms with Crippen molar-refractivity contribution in [2.75, 3.05) is 29.6 Å². The molecule has 22 heavy (non-hydrogen) atoms. The summed E-state index contributed by atoms with van der Waals surface area (Å²) in [4.78, 5) is 13.7. The van der Waals surface area contributed by atoms with Gasteiger partial charge in [0.25, 0.3) is 0 Å². The lowest BCUT2D eigenvalue weighted by atomic mass is 10.2. The molecule has 0 bridgehead atoms. The molecule has 0 saturated carbocycles. The quantitative estimate of drug-likeness (QED) is 0.873. The molecule has 0 aliphatic heterocycles. The van der Waals surface area contributed by atoms with Gasteiger partial charge in [0.15, 0.2) is 0 Å². The van der Waals surface area contributed by atoms with Gasteiger partial charge in [-0.25, -0.2) is 0 Å². The maximum Gasteiger partial charge on any atom is 0.226 e. The first kappa shape index (κ1) is 15.9. The van der Waals surface area contributed by atoms with Gasteiger partial charge in [-0.05, 0) is 42.5 Å². The summed E-state index contributed by atoms with van der Waals surface area (Å²) in [5, 5.41) is 6.25. The van der Waals surface area contributed by atoms with Crippen LogP contribution in [-0.2, 0) is 4.79 Å². The molecule has 116 valence electrons. The van der Waals surface area contributed by atoms with E-state index in [1.807, 2.05) is 64.3 Å². The van der Waals surface area contributed by atoms with Crippen molar-refractivity contribution in [2.45, 2.75) is 13.8 Å². The monoisotopic (exact) mass is 297 g/mol. The number of rotatable bonds is 5. The Labute approximate surface area is 132 Å². The number of carbonyl (C=O) groups is 1. The number of nitrogens with zero attached hydrogens (tertiary/aromatic N) is 1. The van der Waals surface area contributed by atoms with E-state index < -0.39 is 0 Å². The van der Waals surface area contributed by atoms with Crippen LogP contribution in [0.4, 0.5) is 22.7 Å². The van der Waals surface area contributed by atoms with Crippen LogP contribution < -0.4 is 15.5 Å². The Kier molecular flexibility index (Phi) is 5.04. The van der Waals surface area contributed by atoms with Gasteiger partial charge in [-0.3, -0.25) is 4.79 Å². The van der Waals surface area contributed by atoms with Gasteiger partial charge in [0.1, 0.15) is 0 Å². The summed E-state index contributed by atoms with van der Waals surface area (Å²) in [6.07, 6.45) is 0. The largest absolute Gasteiger partial charge is 0.378 e. The summed E-state index contributed by atoms with van der Waals surface area (Å²) in [5.74, 6) is 0.00553. The molecule has 1 amide bonds. The molecular weight excluding hydrogens is 274 g/mol. The van der Waals surface area contributed by atoms with E-state index >= 15 is 0 Å². The molecule has 2 aromatic rings. The smallest absolute Gasteiger partial charge is 0.226 e. The van der Waals surface area contributed by atoms with E-state index in [4.69, 9.17) is 0 Å². The van der Waals surface area contributed by atoms with Gasteiger partial charge >= 0.3 is 0 Å². The highest BCUT2D eigenvalue weighted by atomic mass is 16.1. The van der Waals surface area contributed by atoms with Crippen LogP contribution in [0.1, 0.15) is 13.8 Å². The minimum absolute atomic E-state index is 0.0217. The van der Waals surface area contributed by atoms with Crippen LogP contribution in [0.2, 0.25) is 0 Å². The second kappa shape index (κ2) is 6.98. The van der Waals surface area contributed by atoms with Crippen LogP contribution in [0.25, 0.3) is 0 Å². The SMILES string of the molecule is CC(C)C(=O)Nc1ccc(Nc2cccc(N(C)C)c2)cc1. The van der Waals surface area contributed by atoms with Gasteiger partial charge in [0.05, 0.1) is 0 Å². The summed E-state index contributed by atoms with van der Waals surface area (Å²) in [6, 6.07) is 15.9. The topological polar surface area (TPSA) is 44.4 Å². The average Bonchev–Trinajstić information content (AvgIpc) is 2.49. The zero-order chi connectivity index (χ0) is 16.1. The van der Waals surface area contributed by atoms with E-state index in [0.717, 1.165) is 22.7 Å². The van der Waals surface area contributed by atoms with Crippen molar-refractivity contribution in [3.8, 4) is 0 Å².